The summed E-state index contributed by atoms with van der Waals surface area (Å²) >= 11 is 0. The molecule has 0 amide bonds. The van der Waals surface area contributed by atoms with Crippen molar-refractivity contribution in [2.24, 2.45) is 0 Å². The van der Waals surface area contributed by atoms with Crippen molar-refractivity contribution in [3.63, 3.8) is 0 Å². The highest BCUT2D eigenvalue weighted by Crippen LogP contribution is 2.05. The molecule has 0 bridgehead atoms. The Kier molecular flexibility index (Phi) is 7.64. The lowest BCUT2D eigenvalue weighted by Gasteiger charge is -2.10. The van der Waals surface area contributed by atoms with Gasteiger partial charge in [0.05, 0.1) is 12.7 Å². The molecule has 86 valence electrons. The van der Waals surface area contributed by atoms with Gasteiger partial charge < -0.3 is 9.84 Å². The number of carboxylic acids is 1. The van der Waals surface area contributed by atoms with Crippen molar-refractivity contribution < 1.29 is 14.6 Å². The Balaban J connectivity index is 3.62. The van der Waals surface area contributed by atoms with Crippen LogP contribution in [0.1, 0.15) is 33.1 Å². The van der Waals surface area contributed by atoms with Crippen molar-refractivity contribution in [1.82, 2.24) is 0 Å². The van der Waals surface area contributed by atoms with E-state index in [-0.39, 0.29) is 6.10 Å². The molecule has 1 N–H and O–H groups in total. The zero-order chi connectivity index (χ0) is 11.7. The molecular formula is C12H20O3. The number of hydrogen-bond donors (Lipinski definition) is 1. The maximum Gasteiger partial charge on any atom is 0.330 e. The molecule has 0 aromatic carbocycles. The van der Waals surface area contributed by atoms with Crippen LogP contribution < -0.4 is 0 Å². The van der Waals surface area contributed by atoms with Gasteiger partial charge in [0, 0.05) is 5.57 Å². The molecule has 0 aliphatic heterocycles. The molecule has 3 heteroatoms. The Bertz CT molecular complexity index is 231. The van der Waals surface area contributed by atoms with Crippen molar-refractivity contribution in [3.8, 4) is 0 Å². The van der Waals surface area contributed by atoms with Gasteiger partial charge >= 0.3 is 5.97 Å². The second-order valence-corrected chi connectivity index (χ2v) is 3.53. The van der Waals surface area contributed by atoms with Crippen LogP contribution in [0.2, 0.25) is 0 Å². The first-order chi connectivity index (χ1) is 7.07. The molecule has 0 rings (SSSR count). The van der Waals surface area contributed by atoms with Gasteiger partial charge in [0.25, 0.3) is 0 Å². The predicted octanol–water partition coefficient (Wildman–Crippen LogP) is 2.78. The number of ether oxygens (including phenoxy) is 1. The van der Waals surface area contributed by atoms with E-state index in [0.29, 0.717) is 12.2 Å². The second-order valence-electron chi connectivity index (χ2n) is 3.53. The standard InChI is InChI=1S/C12H20O3/c1-4-5-9-15-11(3)8-6-7-10(2)12(13)14/h4,7,11H,1,5-6,8-9H2,2-3H3,(H,13,14). The molecule has 0 aliphatic rings. The Morgan fingerprint density at radius 2 is 2.20 bits per heavy atom. The third-order valence-corrected chi connectivity index (χ3v) is 2.09. The number of carbonyl (C=O) groups is 1. The Hall–Kier alpha value is -1.09. The highest BCUT2D eigenvalue weighted by molar-refractivity contribution is 5.85. The minimum absolute atomic E-state index is 0.169. The molecule has 0 saturated carbocycles. The summed E-state index contributed by atoms with van der Waals surface area (Å²) in [5.41, 5.74) is 0.397. The van der Waals surface area contributed by atoms with Gasteiger partial charge in [0.1, 0.15) is 0 Å². The van der Waals surface area contributed by atoms with Crippen LogP contribution in [-0.4, -0.2) is 23.8 Å². The number of aliphatic carboxylic acids is 1. The van der Waals surface area contributed by atoms with Gasteiger partial charge in [0.15, 0.2) is 0 Å². The summed E-state index contributed by atoms with van der Waals surface area (Å²) in [5, 5.41) is 8.61. The van der Waals surface area contributed by atoms with E-state index in [0.717, 1.165) is 19.3 Å². The van der Waals surface area contributed by atoms with Crippen LogP contribution >= 0.6 is 0 Å². The number of carboxylic acid groups (broad SMARTS) is 1. The fourth-order valence-corrected chi connectivity index (χ4v) is 1.06. The minimum atomic E-state index is -0.852. The van der Waals surface area contributed by atoms with Crippen LogP contribution in [0, 0.1) is 0 Å². The van der Waals surface area contributed by atoms with Crippen molar-refractivity contribution in [2.45, 2.75) is 39.2 Å². The van der Waals surface area contributed by atoms with Gasteiger partial charge in [-0.05, 0) is 33.1 Å². The van der Waals surface area contributed by atoms with E-state index in [2.05, 4.69) is 6.58 Å². The lowest BCUT2D eigenvalue weighted by Crippen LogP contribution is -2.08. The normalized spacial score (nSPS) is 13.6. The first-order valence-electron chi connectivity index (χ1n) is 5.20. The summed E-state index contributed by atoms with van der Waals surface area (Å²) in [6.07, 6.45) is 6.17. The topological polar surface area (TPSA) is 46.5 Å². The van der Waals surface area contributed by atoms with Gasteiger partial charge in [-0.1, -0.05) is 12.2 Å². The minimum Gasteiger partial charge on any atom is -0.478 e. The summed E-state index contributed by atoms with van der Waals surface area (Å²) in [4.78, 5) is 10.5. The zero-order valence-electron chi connectivity index (χ0n) is 9.53. The lowest BCUT2D eigenvalue weighted by molar-refractivity contribution is -0.132. The molecule has 0 aromatic rings. The van der Waals surface area contributed by atoms with Crippen LogP contribution in [0.4, 0.5) is 0 Å². The van der Waals surface area contributed by atoms with E-state index in [1.165, 1.54) is 0 Å². The molecule has 0 fully saturated rings. The SMILES string of the molecule is C=CCCOC(C)CCC=C(C)C(=O)O. The maximum atomic E-state index is 10.5. The largest absolute Gasteiger partial charge is 0.478 e. The molecule has 0 aliphatic carbocycles. The second kappa shape index (κ2) is 8.24. The maximum absolute atomic E-state index is 10.5. The van der Waals surface area contributed by atoms with Crippen LogP contribution in [0.3, 0.4) is 0 Å². The number of hydrogen-bond acceptors (Lipinski definition) is 2. The Morgan fingerprint density at radius 3 is 2.73 bits per heavy atom. The summed E-state index contributed by atoms with van der Waals surface area (Å²) < 4.78 is 5.48. The molecule has 0 radical (unpaired) electrons. The van der Waals surface area contributed by atoms with Crippen molar-refractivity contribution >= 4 is 5.97 Å². The van der Waals surface area contributed by atoms with E-state index < -0.39 is 5.97 Å². The van der Waals surface area contributed by atoms with Crippen LogP contribution in [0.25, 0.3) is 0 Å². The van der Waals surface area contributed by atoms with Gasteiger partial charge in [-0.3, -0.25) is 0 Å². The van der Waals surface area contributed by atoms with Crippen LogP contribution in [0.5, 0.6) is 0 Å². The van der Waals surface area contributed by atoms with E-state index in [1.807, 2.05) is 13.0 Å². The van der Waals surface area contributed by atoms with E-state index in [9.17, 15) is 4.79 Å². The third kappa shape index (κ3) is 7.94. The third-order valence-electron chi connectivity index (χ3n) is 2.09. The molecule has 3 nitrogen and oxygen atoms in total. The van der Waals surface area contributed by atoms with Crippen molar-refractivity contribution in [3.05, 3.63) is 24.3 Å². The molecule has 1 unspecified atom stereocenters. The van der Waals surface area contributed by atoms with Gasteiger partial charge in [-0.25, -0.2) is 4.79 Å². The fourth-order valence-electron chi connectivity index (χ4n) is 1.06. The smallest absolute Gasteiger partial charge is 0.330 e. The highest BCUT2D eigenvalue weighted by Gasteiger charge is 2.02. The van der Waals surface area contributed by atoms with E-state index in [1.54, 1.807) is 13.0 Å². The summed E-state index contributed by atoms with van der Waals surface area (Å²) in [6, 6.07) is 0. The van der Waals surface area contributed by atoms with Crippen molar-refractivity contribution in [1.29, 1.82) is 0 Å². The number of rotatable bonds is 8. The molecule has 0 heterocycles. The number of allylic oxidation sites excluding steroid dienone is 1. The molecule has 0 saturated heterocycles. The van der Waals surface area contributed by atoms with Gasteiger partial charge in [0.2, 0.25) is 0 Å². The van der Waals surface area contributed by atoms with Crippen LogP contribution in [0.15, 0.2) is 24.3 Å². The molecule has 15 heavy (non-hydrogen) atoms. The van der Waals surface area contributed by atoms with Crippen molar-refractivity contribution in [2.75, 3.05) is 6.61 Å². The molecule has 0 aromatic heterocycles. The van der Waals surface area contributed by atoms with E-state index >= 15 is 0 Å². The Labute approximate surface area is 91.4 Å². The monoisotopic (exact) mass is 212 g/mol. The average molecular weight is 212 g/mol. The quantitative estimate of drug-likeness (QED) is 0.382. The van der Waals surface area contributed by atoms with E-state index in [4.69, 9.17) is 9.84 Å². The first-order valence-corrected chi connectivity index (χ1v) is 5.20. The summed E-state index contributed by atoms with van der Waals surface area (Å²) in [6.45, 7) is 7.89. The zero-order valence-corrected chi connectivity index (χ0v) is 9.53. The molecular weight excluding hydrogens is 192 g/mol. The predicted molar refractivity (Wildman–Crippen MR) is 60.9 cm³/mol. The average Bonchev–Trinajstić information content (AvgIpc) is 2.18. The lowest BCUT2D eigenvalue weighted by atomic mass is 10.1. The highest BCUT2D eigenvalue weighted by atomic mass is 16.5. The fraction of sp³-hybridized carbons (Fsp3) is 0.583. The first kappa shape index (κ1) is 13.9. The van der Waals surface area contributed by atoms with Gasteiger partial charge in [-0.15, -0.1) is 6.58 Å². The summed E-state index contributed by atoms with van der Waals surface area (Å²) in [5.74, 6) is -0.852. The molecule has 1 atom stereocenters. The molecule has 0 spiro atoms. The Morgan fingerprint density at radius 1 is 1.53 bits per heavy atom. The van der Waals surface area contributed by atoms with Crippen LogP contribution in [-0.2, 0) is 9.53 Å². The van der Waals surface area contributed by atoms with Gasteiger partial charge in [-0.2, -0.15) is 0 Å². The summed E-state index contributed by atoms with van der Waals surface area (Å²) in [7, 11) is 0.